The van der Waals surface area contributed by atoms with Gasteiger partial charge >= 0.3 is 0 Å². The van der Waals surface area contributed by atoms with E-state index in [4.69, 9.17) is 4.74 Å². The van der Waals surface area contributed by atoms with Crippen molar-refractivity contribution in [1.29, 1.82) is 0 Å². The second-order valence-corrected chi connectivity index (χ2v) is 11.0. The number of amidine groups is 1. The molecule has 0 spiro atoms. The van der Waals surface area contributed by atoms with Gasteiger partial charge in [0.05, 0.1) is 31.6 Å². The van der Waals surface area contributed by atoms with Crippen LogP contribution in [0.15, 0.2) is 65.3 Å². The van der Waals surface area contributed by atoms with E-state index in [1.54, 1.807) is 23.3 Å². The van der Waals surface area contributed by atoms with Gasteiger partial charge in [0, 0.05) is 36.6 Å². The van der Waals surface area contributed by atoms with Crippen LogP contribution in [0.25, 0.3) is 0 Å². The molecule has 2 aromatic rings. The number of nitrogens with zero attached hydrogens (tertiary/aromatic N) is 5. The van der Waals surface area contributed by atoms with Crippen LogP contribution in [0.1, 0.15) is 78.0 Å². The summed E-state index contributed by atoms with van der Waals surface area (Å²) in [5, 5.41) is 18.6. The van der Waals surface area contributed by atoms with Crippen LogP contribution >= 0.6 is 0 Å². The summed E-state index contributed by atoms with van der Waals surface area (Å²) in [5.74, 6) is 0.762. The number of aliphatic hydroxyl groups is 1. The highest BCUT2D eigenvalue weighted by atomic mass is 16.5. The zero-order chi connectivity index (χ0) is 30.5. The molecule has 1 aliphatic carbocycles. The number of hydrazone groups is 1. The van der Waals surface area contributed by atoms with Crippen LogP contribution in [0.2, 0.25) is 0 Å². The SMILES string of the molecule is CC/C=C(/C=C\C=C(/C)NC(=O)c1cc2c(cc1OC)CCN(C(=O)c1cn(C3CC3)cn1)C2)C1=NNNN1C(C)CO. The topological polar surface area (TPSA) is 136 Å². The van der Waals surface area contributed by atoms with Crippen molar-refractivity contribution < 1.29 is 19.4 Å². The zero-order valence-electron chi connectivity index (χ0n) is 25.1. The first kappa shape index (κ1) is 30.1. The van der Waals surface area contributed by atoms with E-state index < -0.39 is 0 Å². The van der Waals surface area contributed by atoms with Gasteiger partial charge in [0.25, 0.3) is 11.8 Å². The molecule has 5 rings (SSSR count). The summed E-state index contributed by atoms with van der Waals surface area (Å²) in [7, 11) is 1.55. The number of amides is 2. The maximum Gasteiger partial charge on any atom is 0.274 e. The summed E-state index contributed by atoms with van der Waals surface area (Å²) in [6.07, 6.45) is 14.9. The molecule has 228 valence electrons. The Labute approximate surface area is 251 Å². The third kappa shape index (κ3) is 6.81. The molecule has 1 saturated carbocycles. The number of nitrogens with one attached hydrogen (secondary N) is 3. The molecule has 1 aromatic heterocycles. The molecule has 1 unspecified atom stereocenters. The van der Waals surface area contributed by atoms with Crippen molar-refractivity contribution in [3.63, 3.8) is 0 Å². The highest BCUT2D eigenvalue weighted by Crippen LogP contribution is 2.35. The van der Waals surface area contributed by atoms with Crippen molar-refractivity contribution in [3.8, 4) is 5.75 Å². The lowest BCUT2D eigenvalue weighted by Gasteiger charge is -2.29. The number of allylic oxidation sites excluding steroid dienone is 4. The van der Waals surface area contributed by atoms with E-state index in [2.05, 4.69) is 26.5 Å². The molecule has 43 heavy (non-hydrogen) atoms. The highest BCUT2D eigenvalue weighted by molar-refractivity contribution is 6.01. The largest absolute Gasteiger partial charge is 0.496 e. The van der Waals surface area contributed by atoms with Gasteiger partial charge in [0.2, 0.25) is 0 Å². The summed E-state index contributed by atoms with van der Waals surface area (Å²) < 4.78 is 7.60. The second-order valence-electron chi connectivity index (χ2n) is 11.0. The fourth-order valence-corrected chi connectivity index (χ4v) is 5.17. The third-order valence-electron chi connectivity index (χ3n) is 7.74. The molecule has 12 heteroatoms. The molecule has 3 aliphatic rings. The van der Waals surface area contributed by atoms with Crippen molar-refractivity contribution in [2.45, 2.75) is 65.1 Å². The number of imidazole rings is 1. The number of benzene rings is 1. The molecule has 2 amide bonds. The Kier molecular flexibility index (Phi) is 9.27. The molecule has 1 aromatic carbocycles. The Morgan fingerprint density at radius 1 is 1.28 bits per heavy atom. The number of hydrogen-bond acceptors (Lipinski definition) is 9. The van der Waals surface area contributed by atoms with Gasteiger partial charge in [-0.3, -0.25) is 14.6 Å². The predicted octanol–water partition coefficient (Wildman–Crippen LogP) is 2.97. The van der Waals surface area contributed by atoms with Gasteiger partial charge < -0.3 is 24.6 Å². The first-order valence-electron chi connectivity index (χ1n) is 14.7. The number of ether oxygens (including phenoxy) is 1. The molecule has 2 aliphatic heterocycles. The molecule has 0 saturated heterocycles. The first-order chi connectivity index (χ1) is 20.8. The van der Waals surface area contributed by atoms with E-state index in [0.29, 0.717) is 54.1 Å². The molecular formula is C31H40N8O4. The lowest BCUT2D eigenvalue weighted by atomic mass is 9.96. The second kappa shape index (κ2) is 13.3. The Bertz CT molecular complexity index is 1490. The van der Waals surface area contributed by atoms with Crippen LogP contribution in [0.5, 0.6) is 5.75 Å². The van der Waals surface area contributed by atoms with Gasteiger partial charge in [-0.25, -0.2) is 10.5 Å². The van der Waals surface area contributed by atoms with Gasteiger partial charge in [-0.05, 0) is 68.9 Å². The monoisotopic (exact) mass is 588 g/mol. The third-order valence-corrected chi connectivity index (χ3v) is 7.74. The Morgan fingerprint density at radius 2 is 2.09 bits per heavy atom. The van der Waals surface area contributed by atoms with Crippen LogP contribution in [-0.4, -0.2) is 68.5 Å². The fourth-order valence-electron chi connectivity index (χ4n) is 5.17. The van der Waals surface area contributed by atoms with Crippen molar-refractivity contribution in [3.05, 3.63) is 82.6 Å². The summed E-state index contributed by atoms with van der Waals surface area (Å²) in [6, 6.07) is 4.02. The number of carbonyl (C=O) groups is 2. The van der Waals surface area contributed by atoms with Crippen LogP contribution in [0, 0.1) is 0 Å². The molecule has 1 atom stereocenters. The van der Waals surface area contributed by atoms with Crippen LogP contribution in [0.4, 0.5) is 0 Å². The van der Waals surface area contributed by atoms with Gasteiger partial charge in [-0.15, -0.1) is 10.6 Å². The lowest BCUT2D eigenvalue weighted by Crippen LogP contribution is -2.48. The standard InChI is InChI=1S/C31H40N8O4/c1-5-7-22(29-34-35-36-39(29)21(3)18-40)9-6-8-20(2)33-30(41)26-14-24-16-37(13-12-23(24)15-28(26)43-4)31(42)27-17-38(19-32-27)25-10-11-25/h6-9,14-15,17,19,21,25,35-36,40H,5,10-13,16,18H2,1-4H3,(H,33,41)/b9-6-,20-8+,22-7-. The van der Waals surface area contributed by atoms with E-state index >= 15 is 0 Å². The minimum absolute atomic E-state index is 0.0336. The number of hydrogen-bond donors (Lipinski definition) is 4. The van der Waals surface area contributed by atoms with Crippen LogP contribution < -0.4 is 21.1 Å². The minimum Gasteiger partial charge on any atom is -0.496 e. The molecule has 1 fully saturated rings. The van der Waals surface area contributed by atoms with Crippen molar-refractivity contribution in [2.75, 3.05) is 20.3 Å². The van der Waals surface area contributed by atoms with E-state index in [1.807, 2.05) is 68.0 Å². The average Bonchev–Trinajstić information content (AvgIpc) is 3.53. The Morgan fingerprint density at radius 3 is 2.81 bits per heavy atom. The van der Waals surface area contributed by atoms with Crippen molar-refractivity contribution >= 4 is 17.6 Å². The normalized spacial score (nSPS) is 17.9. The van der Waals surface area contributed by atoms with Gasteiger partial charge in [0.15, 0.2) is 5.84 Å². The molecule has 12 nitrogen and oxygen atoms in total. The lowest BCUT2D eigenvalue weighted by molar-refractivity contribution is 0.0729. The number of carbonyl (C=O) groups excluding carboxylic acids is 2. The van der Waals surface area contributed by atoms with Gasteiger partial charge in [-0.1, -0.05) is 25.2 Å². The van der Waals surface area contributed by atoms with E-state index in [0.717, 1.165) is 36.0 Å². The molecule has 3 heterocycles. The number of hydrazine groups is 2. The number of aliphatic hydroxyl groups excluding tert-OH is 1. The zero-order valence-corrected chi connectivity index (χ0v) is 25.1. The van der Waals surface area contributed by atoms with Gasteiger partial charge in [0.1, 0.15) is 11.4 Å². The van der Waals surface area contributed by atoms with Crippen LogP contribution in [0.3, 0.4) is 0 Å². The molecular weight excluding hydrogens is 548 g/mol. The molecule has 0 radical (unpaired) electrons. The minimum atomic E-state index is -0.297. The Balaban J connectivity index is 1.27. The highest BCUT2D eigenvalue weighted by Gasteiger charge is 2.29. The fraction of sp³-hybridized carbons (Fsp3) is 0.419. The van der Waals surface area contributed by atoms with Gasteiger partial charge in [-0.2, -0.15) is 0 Å². The van der Waals surface area contributed by atoms with Crippen molar-refractivity contribution in [2.24, 2.45) is 5.10 Å². The quantitative estimate of drug-likeness (QED) is 0.294. The maximum atomic E-state index is 13.4. The summed E-state index contributed by atoms with van der Waals surface area (Å²) in [5.41, 5.74) is 10.0. The number of fused-ring (bicyclic) bond motifs is 1. The van der Waals surface area contributed by atoms with E-state index in [-0.39, 0.29) is 24.5 Å². The molecule has 0 bridgehead atoms. The number of aromatic nitrogens is 2. The Hall–Kier alpha value is -4.42. The molecule has 4 N–H and O–H groups in total. The smallest absolute Gasteiger partial charge is 0.274 e. The maximum absolute atomic E-state index is 13.4. The summed E-state index contributed by atoms with van der Waals surface area (Å²) >= 11 is 0. The van der Waals surface area contributed by atoms with E-state index in [1.165, 1.54) is 0 Å². The predicted molar refractivity (Wildman–Crippen MR) is 163 cm³/mol. The average molecular weight is 589 g/mol. The number of rotatable bonds is 11. The first-order valence-corrected chi connectivity index (χ1v) is 14.7. The summed E-state index contributed by atoms with van der Waals surface area (Å²) in [6.45, 7) is 6.68. The number of methoxy groups -OCH3 is 1. The van der Waals surface area contributed by atoms with E-state index in [9.17, 15) is 14.7 Å². The van der Waals surface area contributed by atoms with Crippen LogP contribution in [-0.2, 0) is 13.0 Å². The van der Waals surface area contributed by atoms with Crippen molar-refractivity contribution in [1.82, 2.24) is 35.8 Å². The summed E-state index contributed by atoms with van der Waals surface area (Å²) in [4.78, 5) is 32.7.